The third kappa shape index (κ3) is 4.85. The van der Waals surface area contributed by atoms with E-state index in [1.807, 2.05) is 6.07 Å². The minimum absolute atomic E-state index is 0.000205. The molecule has 0 bridgehead atoms. The van der Waals surface area contributed by atoms with E-state index in [1.165, 1.54) is 54.6 Å². The number of benzene rings is 3. The topological polar surface area (TPSA) is 97.1 Å². The standard InChI is InChI=1S/C25H15F3N2O4S/c1-35(32,33)19-8-3-6-16(12-19)24(31)34-18-7-2-5-15(11-18)22-17(13-29)14-30-23-20(22)9-4-10-21(23)25(26,27)28/h2-12,14H,1H3. The van der Waals surface area contributed by atoms with Crippen LogP contribution in [0, 0.1) is 11.3 Å². The van der Waals surface area contributed by atoms with Gasteiger partial charge in [-0.3, -0.25) is 4.98 Å². The lowest BCUT2D eigenvalue weighted by Crippen LogP contribution is -2.10. The second-order valence-corrected chi connectivity index (χ2v) is 9.59. The number of fused-ring (bicyclic) bond motifs is 1. The highest BCUT2D eigenvalue weighted by Crippen LogP contribution is 2.39. The van der Waals surface area contributed by atoms with E-state index < -0.39 is 27.5 Å². The molecular formula is C25H15F3N2O4S. The number of carbonyl (C=O) groups is 1. The highest BCUT2D eigenvalue weighted by molar-refractivity contribution is 7.90. The first-order chi connectivity index (χ1) is 16.5. The molecule has 0 unspecified atom stereocenters. The third-order valence-corrected chi connectivity index (χ3v) is 6.26. The molecule has 0 spiro atoms. The molecule has 0 fully saturated rings. The lowest BCUT2D eigenvalue weighted by atomic mass is 9.95. The van der Waals surface area contributed by atoms with Crippen LogP contribution in [-0.2, 0) is 16.0 Å². The molecule has 10 heteroatoms. The van der Waals surface area contributed by atoms with Gasteiger partial charge in [0.15, 0.2) is 9.84 Å². The van der Waals surface area contributed by atoms with Gasteiger partial charge >= 0.3 is 12.1 Å². The zero-order chi connectivity index (χ0) is 25.4. The highest BCUT2D eigenvalue weighted by atomic mass is 32.2. The Kier molecular flexibility index (Phi) is 6.05. The van der Waals surface area contributed by atoms with Gasteiger partial charge in [-0.1, -0.05) is 30.3 Å². The number of halogens is 3. The van der Waals surface area contributed by atoms with E-state index in [0.717, 1.165) is 18.5 Å². The quantitative estimate of drug-likeness (QED) is 0.277. The number of hydrogen-bond acceptors (Lipinski definition) is 6. The lowest BCUT2D eigenvalue weighted by molar-refractivity contribution is -0.136. The maximum Gasteiger partial charge on any atom is 0.418 e. The second-order valence-electron chi connectivity index (χ2n) is 7.58. The molecule has 0 amide bonds. The van der Waals surface area contributed by atoms with Crippen LogP contribution in [0.15, 0.2) is 77.8 Å². The van der Waals surface area contributed by atoms with Gasteiger partial charge in [0.1, 0.15) is 11.8 Å². The van der Waals surface area contributed by atoms with Gasteiger partial charge in [0.25, 0.3) is 0 Å². The Balaban J connectivity index is 1.78. The summed E-state index contributed by atoms with van der Waals surface area (Å²) in [4.78, 5) is 16.4. The normalized spacial score (nSPS) is 11.7. The van der Waals surface area contributed by atoms with Gasteiger partial charge in [-0.25, -0.2) is 13.2 Å². The van der Waals surface area contributed by atoms with Crippen LogP contribution in [0.3, 0.4) is 0 Å². The van der Waals surface area contributed by atoms with Crippen LogP contribution in [0.1, 0.15) is 21.5 Å². The molecule has 0 saturated heterocycles. The van der Waals surface area contributed by atoms with Crippen molar-refractivity contribution < 1.29 is 31.1 Å². The van der Waals surface area contributed by atoms with E-state index in [9.17, 15) is 31.6 Å². The second kappa shape index (κ2) is 8.85. The van der Waals surface area contributed by atoms with E-state index in [1.54, 1.807) is 6.07 Å². The number of esters is 1. The number of sulfone groups is 1. The van der Waals surface area contributed by atoms with Gasteiger partial charge < -0.3 is 4.74 Å². The first-order valence-corrected chi connectivity index (χ1v) is 11.9. The molecular weight excluding hydrogens is 481 g/mol. The van der Waals surface area contributed by atoms with Crippen LogP contribution in [0.4, 0.5) is 13.2 Å². The number of aromatic nitrogens is 1. The summed E-state index contributed by atoms with van der Waals surface area (Å²) in [6.07, 6.45) is -2.56. The maximum absolute atomic E-state index is 13.5. The molecule has 0 N–H and O–H groups in total. The molecule has 0 aliphatic heterocycles. The Hall–Kier alpha value is -4.23. The van der Waals surface area contributed by atoms with Crippen molar-refractivity contribution in [3.63, 3.8) is 0 Å². The van der Waals surface area contributed by atoms with Crippen LogP contribution in [0.2, 0.25) is 0 Å². The molecule has 35 heavy (non-hydrogen) atoms. The van der Waals surface area contributed by atoms with Gasteiger partial charge in [0.2, 0.25) is 0 Å². The van der Waals surface area contributed by atoms with E-state index >= 15 is 0 Å². The number of alkyl halides is 3. The molecule has 0 radical (unpaired) electrons. The number of nitrogens with zero attached hydrogens (tertiary/aromatic N) is 2. The Morgan fingerprint density at radius 3 is 2.43 bits per heavy atom. The van der Waals surface area contributed by atoms with Crippen molar-refractivity contribution in [2.45, 2.75) is 11.1 Å². The molecule has 1 heterocycles. The molecule has 6 nitrogen and oxygen atoms in total. The number of rotatable bonds is 4. The van der Waals surface area contributed by atoms with Crippen LogP contribution >= 0.6 is 0 Å². The largest absolute Gasteiger partial charge is 0.423 e. The molecule has 4 aromatic rings. The lowest BCUT2D eigenvalue weighted by Gasteiger charge is -2.14. The van der Waals surface area contributed by atoms with Crippen LogP contribution in [0.5, 0.6) is 5.75 Å². The maximum atomic E-state index is 13.5. The van der Waals surface area contributed by atoms with Crippen molar-refractivity contribution in [3.05, 3.63) is 89.6 Å². The smallest absolute Gasteiger partial charge is 0.418 e. The molecule has 4 rings (SSSR count). The van der Waals surface area contributed by atoms with Gasteiger partial charge in [0, 0.05) is 23.4 Å². The fourth-order valence-electron chi connectivity index (χ4n) is 3.58. The van der Waals surface area contributed by atoms with E-state index in [2.05, 4.69) is 4.98 Å². The molecule has 176 valence electrons. The number of para-hydroxylation sites is 1. The van der Waals surface area contributed by atoms with E-state index in [4.69, 9.17) is 4.74 Å². The zero-order valence-corrected chi connectivity index (χ0v) is 18.8. The van der Waals surface area contributed by atoms with E-state index in [-0.39, 0.29) is 38.2 Å². The minimum Gasteiger partial charge on any atom is -0.423 e. The van der Waals surface area contributed by atoms with E-state index in [0.29, 0.717) is 5.56 Å². The van der Waals surface area contributed by atoms with Crippen molar-refractivity contribution in [3.8, 4) is 22.9 Å². The summed E-state index contributed by atoms with van der Waals surface area (Å²) in [6.45, 7) is 0. The predicted octanol–water partition coefficient (Wildman–Crippen LogP) is 5.41. The summed E-state index contributed by atoms with van der Waals surface area (Å²) in [5.74, 6) is -0.773. The number of hydrogen-bond donors (Lipinski definition) is 0. The van der Waals surface area contributed by atoms with Crippen molar-refractivity contribution in [2.24, 2.45) is 0 Å². The van der Waals surface area contributed by atoms with Crippen LogP contribution in [0.25, 0.3) is 22.0 Å². The average Bonchev–Trinajstić information content (AvgIpc) is 2.82. The SMILES string of the molecule is CS(=O)(=O)c1cccc(C(=O)Oc2cccc(-c3c(C#N)cnc4c(C(F)(F)F)cccc34)c2)c1. The summed E-state index contributed by atoms with van der Waals surface area (Å²) in [7, 11) is -3.54. The van der Waals surface area contributed by atoms with Gasteiger partial charge in [-0.15, -0.1) is 0 Å². The Bertz CT molecular complexity index is 1620. The summed E-state index contributed by atoms with van der Waals surface area (Å²) >= 11 is 0. The first-order valence-electron chi connectivity index (χ1n) is 10.0. The van der Waals surface area contributed by atoms with Crippen LogP contribution in [-0.4, -0.2) is 25.6 Å². The van der Waals surface area contributed by atoms with Crippen molar-refractivity contribution in [1.82, 2.24) is 4.98 Å². The molecule has 0 atom stereocenters. The number of pyridine rings is 1. The van der Waals surface area contributed by atoms with Crippen LogP contribution < -0.4 is 4.74 Å². The van der Waals surface area contributed by atoms with Gasteiger partial charge in [-0.05, 0) is 42.0 Å². The highest BCUT2D eigenvalue weighted by Gasteiger charge is 2.33. The average molecular weight is 496 g/mol. The van der Waals surface area contributed by atoms with Crippen molar-refractivity contribution in [2.75, 3.05) is 6.26 Å². The number of carbonyl (C=O) groups excluding carboxylic acids is 1. The summed E-state index contributed by atoms with van der Waals surface area (Å²) in [5, 5.41) is 9.69. The van der Waals surface area contributed by atoms with Crippen molar-refractivity contribution in [1.29, 1.82) is 5.26 Å². The number of nitriles is 1. The molecule has 1 aromatic heterocycles. The Morgan fingerprint density at radius 2 is 1.74 bits per heavy atom. The summed E-state index contributed by atoms with van der Waals surface area (Å²) < 4.78 is 69.4. The third-order valence-electron chi connectivity index (χ3n) is 5.15. The molecule has 0 aliphatic carbocycles. The van der Waals surface area contributed by atoms with Gasteiger partial charge in [-0.2, -0.15) is 18.4 Å². The minimum atomic E-state index is -4.64. The zero-order valence-electron chi connectivity index (χ0n) is 18.0. The molecule has 3 aromatic carbocycles. The van der Waals surface area contributed by atoms with Crippen molar-refractivity contribution >= 4 is 26.7 Å². The number of ether oxygens (including phenoxy) is 1. The molecule has 0 saturated carbocycles. The Labute approximate surface area is 198 Å². The monoisotopic (exact) mass is 496 g/mol. The molecule has 0 aliphatic rings. The summed E-state index contributed by atoms with van der Waals surface area (Å²) in [5.41, 5.74) is -0.659. The Morgan fingerprint density at radius 1 is 1.03 bits per heavy atom. The van der Waals surface area contributed by atoms with Gasteiger partial charge in [0.05, 0.1) is 27.1 Å². The fraction of sp³-hybridized carbons (Fsp3) is 0.0800. The predicted molar refractivity (Wildman–Crippen MR) is 121 cm³/mol. The first kappa shape index (κ1) is 23.9. The fourth-order valence-corrected chi connectivity index (χ4v) is 4.25. The summed E-state index contributed by atoms with van der Waals surface area (Å²) in [6, 6.07) is 16.8.